The molecule has 2 amide bonds. The zero-order valence-corrected chi connectivity index (χ0v) is 16.2. The molecule has 2 aliphatic heterocycles. The Hall–Kier alpha value is -2.73. The third-order valence-corrected chi connectivity index (χ3v) is 5.73. The van der Waals surface area contributed by atoms with Gasteiger partial charge in [-0.1, -0.05) is 18.2 Å². The molecule has 6 heteroatoms. The molecular formula is C22H24FN3O2. The lowest BCUT2D eigenvalue weighted by molar-refractivity contribution is -0.123. The molecule has 0 bridgehead atoms. The first-order valence-corrected chi connectivity index (χ1v) is 9.63. The fourth-order valence-corrected chi connectivity index (χ4v) is 4.24. The number of nitrogens with zero attached hydrogens (tertiary/aromatic N) is 3. The summed E-state index contributed by atoms with van der Waals surface area (Å²) < 4.78 is 13.1. The molecule has 0 unspecified atom stereocenters. The number of aryl methyl sites for hydroxylation is 2. The predicted octanol–water partition coefficient (Wildman–Crippen LogP) is 2.90. The van der Waals surface area contributed by atoms with Crippen molar-refractivity contribution in [3.05, 3.63) is 59.4 Å². The Morgan fingerprint density at radius 2 is 1.50 bits per heavy atom. The third kappa shape index (κ3) is 3.29. The van der Waals surface area contributed by atoms with Gasteiger partial charge in [-0.25, -0.2) is 9.29 Å². The van der Waals surface area contributed by atoms with E-state index in [4.69, 9.17) is 0 Å². The van der Waals surface area contributed by atoms with E-state index in [0.29, 0.717) is 13.1 Å². The number of rotatable bonds is 3. The van der Waals surface area contributed by atoms with Crippen molar-refractivity contribution in [2.24, 2.45) is 0 Å². The smallest absolute Gasteiger partial charge is 0.251 e. The van der Waals surface area contributed by atoms with E-state index in [1.807, 2.05) is 32.0 Å². The highest BCUT2D eigenvalue weighted by molar-refractivity contribution is 6.23. The molecule has 0 aliphatic carbocycles. The lowest BCUT2D eigenvalue weighted by Gasteiger charge is -2.38. The van der Waals surface area contributed by atoms with Crippen LogP contribution in [0.15, 0.2) is 42.5 Å². The van der Waals surface area contributed by atoms with E-state index in [1.165, 1.54) is 17.0 Å². The maximum Gasteiger partial charge on any atom is 0.251 e. The Kier molecular flexibility index (Phi) is 4.89. The summed E-state index contributed by atoms with van der Waals surface area (Å²) in [6, 6.07) is 11.9. The molecule has 0 radical (unpaired) electrons. The molecule has 2 aliphatic rings. The molecular weight excluding hydrogens is 357 g/mol. The summed E-state index contributed by atoms with van der Waals surface area (Å²) in [6.07, 6.45) is 0.225. The minimum atomic E-state index is -0.401. The molecule has 2 fully saturated rings. The van der Waals surface area contributed by atoms with Crippen molar-refractivity contribution < 1.29 is 14.0 Å². The number of piperazine rings is 1. The molecule has 0 saturated carbocycles. The van der Waals surface area contributed by atoms with Crippen LogP contribution in [0.1, 0.15) is 17.5 Å². The number of carbonyl (C=O) groups is 2. The first-order chi connectivity index (χ1) is 13.5. The van der Waals surface area contributed by atoms with Gasteiger partial charge >= 0.3 is 0 Å². The van der Waals surface area contributed by atoms with E-state index in [2.05, 4.69) is 9.80 Å². The summed E-state index contributed by atoms with van der Waals surface area (Å²) in [7, 11) is 0. The Morgan fingerprint density at radius 1 is 0.893 bits per heavy atom. The molecule has 2 heterocycles. The maximum absolute atomic E-state index is 13.1. The van der Waals surface area contributed by atoms with Crippen molar-refractivity contribution in [1.29, 1.82) is 0 Å². The van der Waals surface area contributed by atoms with Crippen molar-refractivity contribution in [2.75, 3.05) is 36.0 Å². The van der Waals surface area contributed by atoms with Gasteiger partial charge in [-0.2, -0.15) is 0 Å². The number of benzene rings is 2. The standard InChI is InChI=1S/C22H24FN3O2/c1-15-4-3-5-16(2)21(15)26-20(27)14-19(22(26)28)25-12-10-24(11-13-25)18-8-6-17(23)7-9-18/h3-9,19H,10-14H2,1-2H3/t19-/m1/s1. The van der Waals surface area contributed by atoms with Gasteiger partial charge in [0.1, 0.15) is 5.82 Å². The molecule has 2 aromatic rings. The Labute approximate surface area is 164 Å². The van der Waals surface area contributed by atoms with Crippen LogP contribution in [0.25, 0.3) is 0 Å². The zero-order chi connectivity index (χ0) is 19.8. The van der Waals surface area contributed by atoms with Crippen molar-refractivity contribution in [3.63, 3.8) is 0 Å². The number of halogens is 1. The quantitative estimate of drug-likeness (QED) is 0.767. The monoisotopic (exact) mass is 381 g/mol. The number of carbonyl (C=O) groups excluding carboxylic acids is 2. The number of hydrogen-bond acceptors (Lipinski definition) is 4. The number of hydrogen-bond donors (Lipinski definition) is 0. The van der Waals surface area contributed by atoms with Crippen molar-refractivity contribution >= 4 is 23.2 Å². The van der Waals surface area contributed by atoms with E-state index in [0.717, 1.165) is 35.6 Å². The van der Waals surface area contributed by atoms with Gasteiger partial charge in [0.05, 0.1) is 18.2 Å². The second-order valence-corrected chi connectivity index (χ2v) is 7.53. The van der Waals surface area contributed by atoms with Crippen LogP contribution in [0.3, 0.4) is 0 Å². The van der Waals surface area contributed by atoms with Gasteiger partial charge < -0.3 is 4.90 Å². The van der Waals surface area contributed by atoms with Crippen LogP contribution in [-0.2, 0) is 9.59 Å². The normalized spacial score (nSPS) is 20.9. The van der Waals surface area contributed by atoms with Crippen molar-refractivity contribution in [1.82, 2.24) is 4.90 Å². The Balaban J connectivity index is 1.47. The second kappa shape index (κ2) is 7.36. The molecule has 4 rings (SSSR count). The van der Waals surface area contributed by atoms with Crippen LogP contribution in [0, 0.1) is 19.7 Å². The minimum absolute atomic E-state index is 0.127. The highest BCUT2D eigenvalue weighted by atomic mass is 19.1. The first kappa shape index (κ1) is 18.6. The molecule has 0 aromatic heterocycles. The lowest BCUT2D eigenvalue weighted by Crippen LogP contribution is -2.52. The molecule has 0 N–H and O–H groups in total. The zero-order valence-electron chi connectivity index (χ0n) is 16.2. The highest BCUT2D eigenvalue weighted by Crippen LogP contribution is 2.31. The van der Waals surface area contributed by atoms with Crippen LogP contribution in [0.4, 0.5) is 15.8 Å². The van der Waals surface area contributed by atoms with Crippen molar-refractivity contribution in [2.45, 2.75) is 26.3 Å². The van der Waals surface area contributed by atoms with Crippen LogP contribution in [0.5, 0.6) is 0 Å². The summed E-state index contributed by atoms with van der Waals surface area (Å²) in [4.78, 5) is 31.5. The van der Waals surface area contributed by atoms with Gasteiger partial charge in [0, 0.05) is 31.9 Å². The van der Waals surface area contributed by atoms with E-state index in [9.17, 15) is 14.0 Å². The second-order valence-electron chi connectivity index (χ2n) is 7.53. The van der Waals surface area contributed by atoms with Crippen LogP contribution in [-0.4, -0.2) is 48.9 Å². The molecule has 146 valence electrons. The summed E-state index contributed by atoms with van der Waals surface area (Å²) >= 11 is 0. The largest absolute Gasteiger partial charge is 0.369 e. The summed E-state index contributed by atoms with van der Waals surface area (Å²) in [5.74, 6) is -0.505. The van der Waals surface area contributed by atoms with E-state index >= 15 is 0 Å². The summed E-state index contributed by atoms with van der Waals surface area (Å²) in [5.41, 5.74) is 3.57. The molecule has 0 spiro atoms. The maximum atomic E-state index is 13.1. The average molecular weight is 381 g/mol. The van der Waals surface area contributed by atoms with Gasteiger partial charge in [0.15, 0.2) is 0 Å². The molecule has 5 nitrogen and oxygen atoms in total. The van der Waals surface area contributed by atoms with E-state index < -0.39 is 6.04 Å². The fraction of sp³-hybridized carbons (Fsp3) is 0.364. The number of para-hydroxylation sites is 1. The number of amides is 2. The lowest BCUT2D eigenvalue weighted by atomic mass is 10.1. The van der Waals surface area contributed by atoms with Crippen LogP contribution < -0.4 is 9.80 Å². The van der Waals surface area contributed by atoms with Crippen molar-refractivity contribution in [3.8, 4) is 0 Å². The third-order valence-electron chi connectivity index (χ3n) is 5.73. The van der Waals surface area contributed by atoms with E-state index in [-0.39, 0.29) is 24.1 Å². The number of imide groups is 1. The summed E-state index contributed by atoms with van der Waals surface area (Å²) in [5, 5.41) is 0. The predicted molar refractivity (Wildman–Crippen MR) is 107 cm³/mol. The van der Waals surface area contributed by atoms with Gasteiger partial charge in [-0.05, 0) is 49.2 Å². The topological polar surface area (TPSA) is 43.9 Å². The highest BCUT2D eigenvalue weighted by Gasteiger charge is 2.44. The molecule has 1 atom stereocenters. The first-order valence-electron chi connectivity index (χ1n) is 9.63. The van der Waals surface area contributed by atoms with Gasteiger partial charge in [-0.15, -0.1) is 0 Å². The average Bonchev–Trinajstić information content (AvgIpc) is 2.97. The SMILES string of the molecule is Cc1cccc(C)c1N1C(=O)C[C@@H](N2CCN(c3ccc(F)cc3)CC2)C1=O. The van der Waals surface area contributed by atoms with Crippen LogP contribution >= 0.6 is 0 Å². The van der Waals surface area contributed by atoms with Gasteiger partial charge in [0.25, 0.3) is 5.91 Å². The minimum Gasteiger partial charge on any atom is -0.369 e. The molecule has 2 aromatic carbocycles. The molecule has 2 saturated heterocycles. The van der Waals surface area contributed by atoms with Gasteiger partial charge in [-0.3, -0.25) is 14.5 Å². The van der Waals surface area contributed by atoms with Gasteiger partial charge in [0.2, 0.25) is 5.91 Å². The molecule has 28 heavy (non-hydrogen) atoms. The Morgan fingerprint density at radius 3 is 2.11 bits per heavy atom. The number of anilines is 2. The van der Waals surface area contributed by atoms with E-state index in [1.54, 1.807) is 12.1 Å². The van der Waals surface area contributed by atoms with Crippen LogP contribution in [0.2, 0.25) is 0 Å². The fourth-order valence-electron chi connectivity index (χ4n) is 4.24. The summed E-state index contributed by atoms with van der Waals surface area (Å²) in [6.45, 7) is 6.73. The Bertz CT molecular complexity index is 884.